The zero-order valence-corrected chi connectivity index (χ0v) is 25.6. The average Bonchev–Trinajstić information content (AvgIpc) is 3.04. The molecule has 3 N–H and O–H groups in total. The maximum absolute atomic E-state index is 15.2. The third-order valence-corrected chi connectivity index (χ3v) is 9.90. The number of hydrogen-bond acceptors (Lipinski definition) is 9. The zero-order chi connectivity index (χ0) is 31.2. The van der Waals surface area contributed by atoms with Gasteiger partial charge in [-0.3, -0.25) is 28.4 Å². The van der Waals surface area contributed by atoms with Gasteiger partial charge in [0.2, 0.25) is 19.1 Å². The Balaban J connectivity index is 1.92. The molecule has 12 heteroatoms. The van der Waals surface area contributed by atoms with Crippen LogP contribution in [0.3, 0.4) is 0 Å². The molecule has 0 bridgehead atoms. The quantitative estimate of drug-likeness (QED) is 0.133. The van der Waals surface area contributed by atoms with Crippen molar-refractivity contribution in [3.63, 3.8) is 0 Å². The number of hydrogen-bond donors (Lipinski definition) is 3. The number of rotatable bonds is 15. The number of carbonyl (C=O) groups is 4. The summed E-state index contributed by atoms with van der Waals surface area (Å²) < 4.78 is 26.4. The van der Waals surface area contributed by atoms with E-state index >= 15 is 4.57 Å². The second-order valence-electron chi connectivity index (χ2n) is 9.45. The molecule has 0 saturated heterocycles. The van der Waals surface area contributed by atoms with Crippen LogP contribution in [0.1, 0.15) is 25.3 Å². The first-order valence-corrected chi connectivity index (χ1v) is 16.1. The Hall–Kier alpha value is -3.92. The summed E-state index contributed by atoms with van der Waals surface area (Å²) in [7, 11) is -4.01. The van der Waals surface area contributed by atoms with Gasteiger partial charge in [-0.05, 0) is 43.2 Å². The predicted molar refractivity (Wildman–Crippen MR) is 167 cm³/mol. The van der Waals surface area contributed by atoms with Gasteiger partial charge in [0.25, 0.3) is 0 Å². The Bertz CT molecular complexity index is 1370. The van der Waals surface area contributed by atoms with Crippen LogP contribution in [0.2, 0.25) is 0 Å². The molecule has 0 radical (unpaired) electrons. The van der Waals surface area contributed by atoms with Gasteiger partial charge < -0.3 is 20.5 Å². The number of ether oxygens (including phenoxy) is 2. The molecule has 228 valence electrons. The number of thiol groups is 1. The maximum Gasteiger partial charge on any atom is 0.325 e. The number of amides is 2. The molecule has 0 spiro atoms. The van der Waals surface area contributed by atoms with Crippen LogP contribution >= 0.6 is 19.9 Å². The Morgan fingerprint density at radius 3 is 1.93 bits per heavy atom. The van der Waals surface area contributed by atoms with Crippen molar-refractivity contribution in [1.29, 1.82) is 0 Å². The molecule has 0 saturated carbocycles. The lowest BCUT2D eigenvalue weighted by Crippen LogP contribution is -2.52. The number of nitrogens with zero attached hydrogens (tertiary/aromatic N) is 1. The molecule has 3 aromatic rings. The van der Waals surface area contributed by atoms with Crippen LogP contribution in [0.15, 0.2) is 91.0 Å². The Morgan fingerprint density at radius 2 is 1.42 bits per heavy atom. The Morgan fingerprint density at radius 1 is 0.884 bits per heavy atom. The number of carbonyl (C=O) groups excluding carboxylic acids is 4. The van der Waals surface area contributed by atoms with E-state index in [-0.39, 0.29) is 31.8 Å². The van der Waals surface area contributed by atoms with Gasteiger partial charge in [0, 0.05) is 22.8 Å². The summed E-state index contributed by atoms with van der Waals surface area (Å²) in [4.78, 5) is 52.1. The lowest BCUT2D eigenvalue weighted by atomic mass is 10.1. The smallest absolute Gasteiger partial charge is 0.325 e. The molecule has 43 heavy (non-hydrogen) atoms. The molecule has 0 aromatic heterocycles. The predicted octanol–water partition coefficient (Wildman–Crippen LogP) is 2.57. The van der Waals surface area contributed by atoms with E-state index < -0.39 is 49.7 Å². The van der Waals surface area contributed by atoms with Crippen molar-refractivity contribution in [2.45, 2.75) is 38.5 Å². The molecule has 0 fully saturated rings. The second kappa shape index (κ2) is 16.6. The van der Waals surface area contributed by atoms with Crippen LogP contribution in [0.25, 0.3) is 0 Å². The molecule has 0 heterocycles. The molecular weight excluding hydrogens is 589 g/mol. The highest BCUT2D eigenvalue weighted by Crippen LogP contribution is 2.49. The lowest BCUT2D eigenvalue weighted by Gasteiger charge is -2.37. The lowest BCUT2D eigenvalue weighted by molar-refractivity contribution is -0.145. The number of nitrogens with two attached hydrogens (primary N) is 1. The van der Waals surface area contributed by atoms with Gasteiger partial charge in [-0.2, -0.15) is 12.6 Å². The van der Waals surface area contributed by atoms with Crippen LogP contribution in [0.5, 0.6) is 0 Å². The third-order valence-electron chi connectivity index (χ3n) is 6.45. The molecule has 3 aromatic carbocycles. The Kier molecular flexibility index (Phi) is 13.0. The number of nitrogens with one attached hydrogen (secondary N) is 1. The minimum atomic E-state index is -4.01. The van der Waals surface area contributed by atoms with Crippen LogP contribution in [0, 0.1) is 0 Å². The molecule has 0 aliphatic heterocycles. The first-order chi connectivity index (χ1) is 20.7. The Labute approximate surface area is 256 Å². The van der Waals surface area contributed by atoms with Gasteiger partial charge in [-0.15, -0.1) is 0 Å². The van der Waals surface area contributed by atoms with Gasteiger partial charge >= 0.3 is 11.9 Å². The molecule has 10 nitrogen and oxygen atoms in total. The normalized spacial score (nSPS) is 12.4. The first-order valence-electron chi connectivity index (χ1n) is 13.8. The SMILES string of the molecule is CCOC(=O)C(N)CCC(=O)N(C(CS)C(=O)NCC(=O)OCc1ccccc1)P(=O)(c1ccccc1)c1ccccc1. The number of benzene rings is 3. The largest absolute Gasteiger partial charge is 0.465 e. The van der Waals surface area contributed by atoms with Crippen LogP contribution < -0.4 is 21.7 Å². The van der Waals surface area contributed by atoms with Crippen molar-refractivity contribution in [3.05, 3.63) is 96.6 Å². The summed E-state index contributed by atoms with van der Waals surface area (Å²) >= 11 is 4.36. The van der Waals surface area contributed by atoms with E-state index in [1.54, 1.807) is 79.7 Å². The van der Waals surface area contributed by atoms with E-state index in [4.69, 9.17) is 15.2 Å². The summed E-state index contributed by atoms with van der Waals surface area (Å²) in [6.45, 7) is 1.31. The monoisotopic (exact) mass is 625 g/mol. The average molecular weight is 626 g/mol. The fourth-order valence-electron chi connectivity index (χ4n) is 4.28. The van der Waals surface area contributed by atoms with Crippen molar-refractivity contribution in [1.82, 2.24) is 9.99 Å². The molecular formula is C31H36N3O7PS. The molecule has 0 aliphatic carbocycles. The van der Waals surface area contributed by atoms with E-state index in [2.05, 4.69) is 17.9 Å². The summed E-state index contributed by atoms with van der Waals surface area (Å²) in [5, 5.41) is 3.13. The molecule has 0 aliphatic rings. The van der Waals surface area contributed by atoms with Crippen LogP contribution in [-0.2, 0) is 39.8 Å². The van der Waals surface area contributed by atoms with Crippen molar-refractivity contribution >= 4 is 54.3 Å². The molecule has 3 rings (SSSR count). The topological polar surface area (TPSA) is 145 Å². The standard InChI is InChI=1S/C31H36N3O7PS/c1-2-40-31(38)26(32)18-19-28(35)34(42(39,24-14-8-4-9-15-24)25-16-10-5-11-17-25)27(22-43)30(37)33-20-29(36)41-21-23-12-6-3-7-13-23/h3-17,26-27,43H,2,18-22,32H2,1H3,(H,33,37). The van der Waals surface area contributed by atoms with Gasteiger partial charge in [0.05, 0.1) is 6.61 Å². The van der Waals surface area contributed by atoms with Gasteiger partial charge in [0.15, 0.2) is 0 Å². The fraction of sp³-hybridized carbons (Fsp3) is 0.290. The summed E-state index contributed by atoms with van der Waals surface area (Å²) in [5.74, 6) is -3.01. The third kappa shape index (κ3) is 9.03. The fourth-order valence-corrected chi connectivity index (χ4v) is 7.68. The second-order valence-corrected chi connectivity index (χ2v) is 12.4. The van der Waals surface area contributed by atoms with Crippen molar-refractivity contribution in [3.8, 4) is 0 Å². The van der Waals surface area contributed by atoms with Crippen molar-refractivity contribution < 1.29 is 33.2 Å². The highest BCUT2D eigenvalue weighted by molar-refractivity contribution is 7.80. The summed E-state index contributed by atoms with van der Waals surface area (Å²) in [6, 6.07) is 23.3. The molecule has 2 atom stereocenters. The molecule has 2 unspecified atom stereocenters. The van der Waals surface area contributed by atoms with Gasteiger partial charge in [-0.25, -0.2) is 0 Å². The van der Waals surface area contributed by atoms with E-state index in [0.717, 1.165) is 10.2 Å². The van der Waals surface area contributed by atoms with Crippen LogP contribution in [0.4, 0.5) is 0 Å². The first kappa shape index (κ1) is 33.6. The van der Waals surface area contributed by atoms with Crippen molar-refractivity contribution in [2.24, 2.45) is 5.73 Å². The van der Waals surface area contributed by atoms with Gasteiger partial charge in [0.1, 0.15) is 25.2 Å². The van der Waals surface area contributed by atoms with Crippen LogP contribution in [-0.4, -0.2) is 59.4 Å². The minimum Gasteiger partial charge on any atom is -0.465 e. The molecule has 2 amide bonds. The zero-order valence-electron chi connectivity index (χ0n) is 23.8. The minimum absolute atomic E-state index is 0.0219. The van der Waals surface area contributed by atoms with E-state index in [1.807, 2.05) is 18.2 Å². The van der Waals surface area contributed by atoms with E-state index in [0.29, 0.717) is 10.6 Å². The van der Waals surface area contributed by atoms with E-state index in [9.17, 15) is 19.2 Å². The van der Waals surface area contributed by atoms with Gasteiger partial charge in [-0.1, -0.05) is 66.7 Å². The van der Waals surface area contributed by atoms with Crippen molar-refractivity contribution in [2.75, 3.05) is 18.9 Å². The summed E-state index contributed by atoms with van der Waals surface area (Å²) in [6.07, 6.45) is -0.412. The highest BCUT2D eigenvalue weighted by atomic mass is 32.1. The summed E-state index contributed by atoms with van der Waals surface area (Å²) in [5.41, 5.74) is 6.72. The maximum atomic E-state index is 15.2. The highest BCUT2D eigenvalue weighted by Gasteiger charge is 2.44. The number of esters is 2. The van der Waals surface area contributed by atoms with E-state index in [1.165, 1.54) is 0 Å².